The number of nitrogens with zero attached hydrogens (tertiary/aromatic N) is 3. The van der Waals surface area contributed by atoms with Gasteiger partial charge in [0.2, 0.25) is 5.13 Å². The third-order valence-corrected chi connectivity index (χ3v) is 5.16. The number of aromatic nitrogens is 2. The quantitative estimate of drug-likeness (QED) is 0.857. The van der Waals surface area contributed by atoms with Crippen molar-refractivity contribution >= 4 is 34.2 Å². The van der Waals surface area contributed by atoms with Crippen LogP contribution in [0.5, 0.6) is 0 Å². The van der Waals surface area contributed by atoms with E-state index >= 15 is 0 Å². The Morgan fingerprint density at radius 2 is 2.28 bits per heavy atom. The molecular formula is C11H17N3O2S2. The van der Waals surface area contributed by atoms with Crippen molar-refractivity contribution in [1.82, 2.24) is 10.2 Å². The van der Waals surface area contributed by atoms with Crippen LogP contribution < -0.4 is 4.90 Å². The van der Waals surface area contributed by atoms with E-state index in [2.05, 4.69) is 28.9 Å². The molecule has 1 saturated heterocycles. The van der Waals surface area contributed by atoms with Crippen LogP contribution in [0.1, 0.15) is 26.7 Å². The maximum absolute atomic E-state index is 10.5. The molecule has 1 aromatic rings. The first-order chi connectivity index (χ1) is 8.56. The predicted octanol–water partition coefficient (Wildman–Crippen LogP) is 2.34. The Morgan fingerprint density at radius 3 is 3.00 bits per heavy atom. The van der Waals surface area contributed by atoms with E-state index in [1.165, 1.54) is 35.9 Å². The topological polar surface area (TPSA) is 66.3 Å². The number of hydrogen-bond donors (Lipinski definition) is 1. The fraction of sp³-hybridized carbons (Fsp3) is 0.727. The van der Waals surface area contributed by atoms with Crippen molar-refractivity contribution in [2.75, 3.05) is 17.2 Å². The van der Waals surface area contributed by atoms with Gasteiger partial charge in [-0.25, -0.2) is 0 Å². The van der Waals surface area contributed by atoms with Crippen molar-refractivity contribution in [2.45, 2.75) is 37.1 Å². The third-order valence-electron chi connectivity index (χ3n) is 3.08. The van der Waals surface area contributed by atoms with Crippen molar-refractivity contribution in [1.29, 1.82) is 0 Å². The molecule has 2 heterocycles. The van der Waals surface area contributed by atoms with E-state index in [-0.39, 0.29) is 5.75 Å². The molecule has 1 N–H and O–H groups in total. The molecule has 0 bridgehead atoms. The third kappa shape index (κ3) is 3.35. The maximum atomic E-state index is 10.5. The Bertz CT molecular complexity index is 424. The summed E-state index contributed by atoms with van der Waals surface area (Å²) < 4.78 is 0.734. The highest BCUT2D eigenvalue weighted by Crippen LogP contribution is 2.32. The van der Waals surface area contributed by atoms with Crippen LogP contribution in [0.3, 0.4) is 0 Å². The van der Waals surface area contributed by atoms with E-state index in [9.17, 15) is 4.79 Å². The average molecular weight is 287 g/mol. The molecule has 2 atom stereocenters. The monoisotopic (exact) mass is 287 g/mol. The zero-order valence-electron chi connectivity index (χ0n) is 10.5. The molecule has 7 heteroatoms. The number of carboxylic acid groups (broad SMARTS) is 1. The Hall–Kier alpha value is -0.820. The SMILES string of the molecule is CC1CCC(C)N(c2nnc(SCC(=O)O)s2)C1. The molecule has 1 aromatic heterocycles. The van der Waals surface area contributed by atoms with E-state index in [1.807, 2.05) is 0 Å². The lowest BCUT2D eigenvalue weighted by atomic mass is 9.96. The second kappa shape index (κ2) is 5.88. The number of piperidine rings is 1. The number of hydrogen-bond acceptors (Lipinski definition) is 6. The second-order valence-corrected chi connectivity index (χ2v) is 6.90. The van der Waals surface area contributed by atoms with Gasteiger partial charge in [0.05, 0.1) is 5.75 Å². The Labute approximate surface area is 115 Å². The number of carboxylic acids is 1. The van der Waals surface area contributed by atoms with Gasteiger partial charge in [0.1, 0.15) is 0 Å². The lowest BCUT2D eigenvalue weighted by Gasteiger charge is -2.36. The van der Waals surface area contributed by atoms with Crippen molar-refractivity contribution < 1.29 is 9.90 Å². The van der Waals surface area contributed by atoms with Gasteiger partial charge < -0.3 is 10.0 Å². The van der Waals surface area contributed by atoms with Gasteiger partial charge in [-0.3, -0.25) is 4.79 Å². The van der Waals surface area contributed by atoms with E-state index in [0.717, 1.165) is 16.0 Å². The number of rotatable bonds is 4. The molecule has 0 aromatic carbocycles. The first-order valence-electron chi connectivity index (χ1n) is 6.01. The van der Waals surface area contributed by atoms with Crippen molar-refractivity contribution in [2.24, 2.45) is 5.92 Å². The van der Waals surface area contributed by atoms with Crippen LogP contribution in [-0.2, 0) is 4.79 Å². The molecule has 0 saturated carbocycles. The highest BCUT2D eigenvalue weighted by Gasteiger charge is 2.25. The average Bonchev–Trinajstić information content (AvgIpc) is 2.78. The minimum Gasteiger partial charge on any atom is -0.481 e. The number of carbonyl (C=O) groups is 1. The standard InChI is InChI=1S/C11H17N3O2S2/c1-7-3-4-8(2)14(5-7)10-12-13-11(18-10)17-6-9(15)16/h7-8H,3-6H2,1-2H3,(H,15,16). The first kappa shape index (κ1) is 13.6. The molecular weight excluding hydrogens is 270 g/mol. The number of anilines is 1. The van der Waals surface area contributed by atoms with Gasteiger partial charge in [0.15, 0.2) is 4.34 Å². The summed E-state index contributed by atoms with van der Waals surface area (Å²) in [5, 5.41) is 17.8. The largest absolute Gasteiger partial charge is 0.481 e. The van der Waals surface area contributed by atoms with E-state index in [0.29, 0.717) is 12.0 Å². The molecule has 5 nitrogen and oxygen atoms in total. The fourth-order valence-corrected chi connectivity index (χ4v) is 3.73. The van der Waals surface area contributed by atoms with Gasteiger partial charge in [-0.05, 0) is 25.7 Å². The molecule has 0 amide bonds. The highest BCUT2D eigenvalue weighted by atomic mass is 32.2. The van der Waals surface area contributed by atoms with Gasteiger partial charge in [-0.1, -0.05) is 30.0 Å². The molecule has 1 aliphatic rings. The van der Waals surface area contributed by atoms with Gasteiger partial charge in [-0.15, -0.1) is 10.2 Å². The molecule has 2 unspecified atom stereocenters. The zero-order chi connectivity index (χ0) is 13.1. The van der Waals surface area contributed by atoms with Gasteiger partial charge >= 0.3 is 5.97 Å². The number of aliphatic carboxylic acids is 1. The van der Waals surface area contributed by atoms with Crippen molar-refractivity contribution in [3.8, 4) is 0 Å². The van der Waals surface area contributed by atoms with Crippen LogP contribution in [0, 0.1) is 5.92 Å². The van der Waals surface area contributed by atoms with Gasteiger partial charge in [0.25, 0.3) is 0 Å². The summed E-state index contributed by atoms with van der Waals surface area (Å²) in [7, 11) is 0. The minimum atomic E-state index is -0.822. The van der Waals surface area contributed by atoms with Crippen molar-refractivity contribution in [3.05, 3.63) is 0 Å². The predicted molar refractivity (Wildman–Crippen MR) is 73.5 cm³/mol. The molecule has 18 heavy (non-hydrogen) atoms. The lowest BCUT2D eigenvalue weighted by Crippen LogP contribution is -2.41. The smallest absolute Gasteiger partial charge is 0.313 e. The molecule has 1 aliphatic heterocycles. The normalized spacial score (nSPS) is 24.2. The lowest BCUT2D eigenvalue weighted by molar-refractivity contribution is -0.133. The molecule has 0 spiro atoms. The van der Waals surface area contributed by atoms with E-state index in [4.69, 9.17) is 5.11 Å². The van der Waals surface area contributed by atoms with Crippen LogP contribution in [-0.4, -0.2) is 39.6 Å². The molecule has 0 aliphatic carbocycles. The molecule has 0 radical (unpaired) electrons. The van der Waals surface area contributed by atoms with Gasteiger partial charge in [0, 0.05) is 12.6 Å². The summed E-state index contributed by atoms with van der Waals surface area (Å²) in [6.45, 7) is 5.47. The summed E-state index contributed by atoms with van der Waals surface area (Å²) in [6.07, 6.45) is 2.44. The molecule has 100 valence electrons. The summed E-state index contributed by atoms with van der Waals surface area (Å²) in [5.41, 5.74) is 0. The van der Waals surface area contributed by atoms with Crippen LogP contribution in [0.2, 0.25) is 0 Å². The van der Waals surface area contributed by atoms with Gasteiger partial charge in [-0.2, -0.15) is 0 Å². The molecule has 1 fully saturated rings. The first-order valence-corrected chi connectivity index (χ1v) is 7.81. The highest BCUT2D eigenvalue weighted by molar-refractivity contribution is 8.01. The van der Waals surface area contributed by atoms with E-state index in [1.54, 1.807) is 0 Å². The Kier molecular flexibility index (Phi) is 4.45. The van der Waals surface area contributed by atoms with Crippen molar-refractivity contribution in [3.63, 3.8) is 0 Å². The Morgan fingerprint density at radius 1 is 1.50 bits per heavy atom. The zero-order valence-corrected chi connectivity index (χ0v) is 12.1. The van der Waals surface area contributed by atoms with E-state index < -0.39 is 5.97 Å². The molecule has 2 rings (SSSR count). The number of thioether (sulfide) groups is 1. The Balaban J connectivity index is 2.02. The van der Waals surface area contributed by atoms with Crippen LogP contribution in [0.25, 0.3) is 0 Å². The summed E-state index contributed by atoms with van der Waals surface area (Å²) in [4.78, 5) is 12.8. The van der Waals surface area contributed by atoms with Crippen LogP contribution in [0.4, 0.5) is 5.13 Å². The minimum absolute atomic E-state index is 0.0423. The summed E-state index contributed by atoms with van der Waals surface area (Å²) in [6, 6.07) is 0.492. The second-order valence-electron chi connectivity index (χ2n) is 4.72. The van der Waals surface area contributed by atoms with Crippen LogP contribution >= 0.6 is 23.1 Å². The maximum Gasteiger partial charge on any atom is 0.313 e. The summed E-state index contributed by atoms with van der Waals surface area (Å²) in [5.74, 6) is -0.0995. The van der Waals surface area contributed by atoms with Crippen LogP contribution in [0.15, 0.2) is 4.34 Å². The summed E-state index contributed by atoms with van der Waals surface area (Å²) >= 11 is 2.72. The fourth-order valence-electron chi connectivity index (χ4n) is 2.06.